The van der Waals surface area contributed by atoms with Crippen LogP contribution < -0.4 is 0 Å². The van der Waals surface area contributed by atoms with Crippen molar-refractivity contribution in [2.75, 3.05) is 0 Å². The molecule has 25 heavy (non-hydrogen) atoms. The standard InChI is InChI=1S/C25H44/c1-12-11-22-18(7)17(6)21(10)25(24(22)13(12)2)23-19(8)15(4)14(3)16(5)20(23)9/h11,13-25H,1-10H3. The monoisotopic (exact) mass is 344 g/mol. The lowest BCUT2D eigenvalue weighted by atomic mass is 9.47. The van der Waals surface area contributed by atoms with Gasteiger partial charge in [0.15, 0.2) is 0 Å². The quantitative estimate of drug-likeness (QED) is 0.442. The summed E-state index contributed by atoms with van der Waals surface area (Å²) in [6, 6.07) is 0. The van der Waals surface area contributed by atoms with Gasteiger partial charge in [0.05, 0.1) is 0 Å². The minimum Gasteiger partial charge on any atom is -0.0816 e. The first-order valence-electron chi connectivity index (χ1n) is 11.3. The molecular weight excluding hydrogens is 300 g/mol. The fraction of sp³-hybridized carbons (Fsp3) is 0.920. The first kappa shape index (κ1) is 19.5. The van der Waals surface area contributed by atoms with Crippen molar-refractivity contribution in [2.45, 2.75) is 69.2 Å². The van der Waals surface area contributed by atoms with Gasteiger partial charge < -0.3 is 0 Å². The second-order valence-corrected chi connectivity index (χ2v) is 10.9. The first-order valence-corrected chi connectivity index (χ1v) is 11.3. The number of fused-ring (bicyclic) bond motifs is 1. The summed E-state index contributed by atoms with van der Waals surface area (Å²) in [5.41, 5.74) is 1.68. The second kappa shape index (κ2) is 6.72. The van der Waals surface area contributed by atoms with Crippen molar-refractivity contribution in [3.63, 3.8) is 0 Å². The lowest BCUT2D eigenvalue weighted by Crippen LogP contribution is -2.53. The third-order valence-electron chi connectivity index (χ3n) is 10.5. The lowest BCUT2D eigenvalue weighted by molar-refractivity contribution is -0.0954. The van der Waals surface area contributed by atoms with E-state index in [4.69, 9.17) is 0 Å². The zero-order chi connectivity index (χ0) is 18.8. The maximum Gasteiger partial charge on any atom is -0.0166 e. The molecular formula is C25H44. The highest BCUT2D eigenvalue weighted by Gasteiger charge is 2.55. The molecule has 0 saturated heterocycles. The van der Waals surface area contributed by atoms with E-state index in [9.17, 15) is 0 Å². The van der Waals surface area contributed by atoms with Crippen molar-refractivity contribution in [1.29, 1.82) is 0 Å². The summed E-state index contributed by atoms with van der Waals surface area (Å²) in [4.78, 5) is 0. The van der Waals surface area contributed by atoms with Crippen LogP contribution in [0.5, 0.6) is 0 Å². The number of hydrogen-bond acceptors (Lipinski definition) is 0. The summed E-state index contributed by atoms with van der Waals surface area (Å²) in [7, 11) is 0. The van der Waals surface area contributed by atoms with Crippen LogP contribution in [-0.2, 0) is 0 Å². The zero-order valence-electron chi connectivity index (χ0n) is 18.6. The van der Waals surface area contributed by atoms with Gasteiger partial charge in [-0.05, 0) is 83.9 Å². The van der Waals surface area contributed by atoms with E-state index < -0.39 is 0 Å². The van der Waals surface area contributed by atoms with Gasteiger partial charge in [0.2, 0.25) is 0 Å². The Morgan fingerprint density at radius 2 is 0.880 bits per heavy atom. The van der Waals surface area contributed by atoms with Crippen LogP contribution in [0, 0.1) is 76.9 Å². The molecule has 11 unspecified atom stereocenters. The molecule has 0 amide bonds. The van der Waals surface area contributed by atoms with E-state index in [1.165, 1.54) is 0 Å². The van der Waals surface area contributed by atoms with E-state index in [1.54, 1.807) is 5.57 Å². The van der Waals surface area contributed by atoms with E-state index >= 15 is 0 Å². The van der Waals surface area contributed by atoms with Crippen LogP contribution in [0.25, 0.3) is 0 Å². The molecule has 0 aromatic carbocycles. The number of rotatable bonds is 1. The molecule has 11 atom stereocenters. The van der Waals surface area contributed by atoms with Crippen LogP contribution in [-0.4, -0.2) is 0 Å². The van der Waals surface area contributed by atoms with Crippen molar-refractivity contribution in [1.82, 2.24) is 0 Å². The topological polar surface area (TPSA) is 0 Å². The molecule has 3 aliphatic carbocycles. The highest BCUT2D eigenvalue weighted by Crippen LogP contribution is 2.61. The van der Waals surface area contributed by atoms with Gasteiger partial charge in [0.1, 0.15) is 0 Å². The van der Waals surface area contributed by atoms with E-state index in [0.29, 0.717) is 0 Å². The highest BCUT2D eigenvalue weighted by atomic mass is 14.6. The third kappa shape index (κ3) is 2.76. The molecule has 144 valence electrons. The molecule has 2 saturated carbocycles. The van der Waals surface area contributed by atoms with Gasteiger partial charge in [-0.2, -0.15) is 0 Å². The molecule has 0 spiro atoms. The maximum atomic E-state index is 2.68. The van der Waals surface area contributed by atoms with Gasteiger partial charge in [-0.25, -0.2) is 0 Å². The van der Waals surface area contributed by atoms with Gasteiger partial charge >= 0.3 is 0 Å². The average molecular weight is 345 g/mol. The van der Waals surface area contributed by atoms with Gasteiger partial charge in [0, 0.05) is 0 Å². The Morgan fingerprint density at radius 1 is 0.480 bits per heavy atom. The van der Waals surface area contributed by atoms with Crippen LogP contribution in [0.3, 0.4) is 0 Å². The van der Waals surface area contributed by atoms with Crippen LogP contribution in [0.15, 0.2) is 11.6 Å². The van der Waals surface area contributed by atoms with E-state index in [1.807, 2.05) is 0 Å². The van der Waals surface area contributed by atoms with Crippen molar-refractivity contribution in [2.24, 2.45) is 76.9 Å². The molecule has 3 rings (SSSR count). The van der Waals surface area contributed by atoms with Crippen molar-refractivity contribution < 1.29 is 0 Å². The van der Waals surface area contributed by atoms with E-state index in [2.05, 4.69) is 75.3 Å². The fourth-order valence-electron chi connectivity index (χ4n) is 7.75. The van der Waals surface area contributed by atoms with Gasteiger partial charge in [-0.15, -0.1) is 0 Å². The summed E-state index contributed by atoms with van der Waals surface area (Å²) in [6.07, 6.45) is 2.68. The Kier molecular flexibility index (Phi) is 5.24. The Balaban J connectivity index is 2.01. The van der Waals surface area contributed by atoms with E-state index in [-0.39, 0.29) is 0 Å². The molecule has 0 radical (unpaired) electrons. The summed E-state index contributed by atoms with van der Waals surface area (Å²) in [5, 5.41) is 0. The first-order chi connectivity index (χ1) is 11.6. The third-order valence-corrected chi connectivity index (χ3v) is 10.5. The molecule has 0 N–H and O–H groups in total. The van der Waals surface area contributed by atoms with Crippen LogP contribution >= 0.6 is 0 Å². The van der Waals surface area contributed by atoms with Crippen molar-refractivity contribution >= 4 is 0 Å². The molecule has 0 bridgehead atoms. The Morgan fingerprint density at radius 3 is 1.40 bits per heavy atom. The average Bonchev–Trinajstić information content (AvgIpc) is 2.87. The SMILES string of the molecule is CC1=CC2C(C)C(C)C(C)C(C3C(C)C(C)C(C)C(C)C3C)C2C1C. The lowest BCUT2D eigenvalue weighted by Gasteiger charge is -2.58. The Bertz CT molecular complexity index is 500. The Hall–Kier alpha value is -0.260. The Labute approximate surface area is 158 Å². The zero-order valence-corrected chi connectivity index (χ0v) is 18.6. The summed E-state index contributed by atoms with van der Waals surface area (Å²) >= 11 is 0. The van der Waals surface area contributed by atoms with Crippen molar-refractivity contribution in [3.8, 4) is 0 Å². The molecule has 0 heteroatoms. The van der Waals surface area contributed by atoms with Gasteiger partial charge in [0.25, 0.3) is 0 Å². The van der Waals surface area contributed by atoms with Gasteiger partial charge in [-0.1, -0.05) is 74.0 Å². The predicted molar refractivity (Wildman–Crippen MR) is 110 cm³/mol. The van der Waals surface area contributed by atoms with Crippen molar-refractivity contribution in [3.05, 3.63) is 11.6 Å². The summed E-state index contributed by atoms with van der Waals surface area (Å²) in [6.45, 7) is 25.4. The largest absolute Gasteiger partial charge is 0.0816 e. The molecule has 0 aromatic heterocycles. The molecule has 3 aliphatic rings. The molecule has 0 nitrogen and oxygen atoms in total. The molecule has 2 fully saturated rings. The second-order valence-electron chi connectivity index (χ2n) is 10.9. The van der Waals surface area contributed by atoms with Crippen LogP contribution in [0.4, 0.5) is 0 Å². The minimum absolute atomic E-state index is 0.789. The highest BCUT2D eigenvalue weighted by molar-refractivity contribution is 5.20. The fourth-order valence-corrected chi connectivity index (χ4v) is 7.75. The smallest absolute Gasteiger partial charge is 0.0166 e. The normalized spacial score (nSPS) is 59.4. The minimum atomic E-state index is 0.789. The van der Waals surface area contributed by atoms with Crippen LogP contribution in [0.1, 0.15) is 69.2 Å². The summed E-state index contributed by atoms with van der Waals surface area (Å²) < 4.78 is 0. The van der Waals surface area contributed by atoms with Gasteiger partial charge in [-0.3, -0.25) is 0 Å². The predicted octanol–water partition coefficient (Wildman–Crippen LogP) is 7.16. The molecule has 0 aromatic rings. The number of allylic oxidation sites excluding steroid dienone is 2. The summed E-state index contributed by atoms with van der Waals surface area (Å²) in [5.74, 6) is 11.2. The van der Waals surface area contributed by atoms with E-state index in [0.717, 1.165) is 76.9 Å². The molecule has 0 heterocycles. The number of hydrogen-bond donors (Lipinski definition) is 0. The maximum absolute atomic E-state index is 2.68. The molecule has 0 aliphatic heterocycles. The van der Waals surface area contributed by atoms with Crippen LogP contribution in [0.2, 0.25) is 0 Å².